The Morgan fingerprint density at radius 3 is 2.77 bits per heavy atom. The first kappa shape index (κ1) is 9.83. The van der Waals surface area contributed by atoms with Crippen LogP contribution in [0.1, 0.15) is 25.0 Å². The molecule has 13 heavy (non-hydrogen) atoms. The summed E-state index contributed by atoms with van der Waals surface area (Å²) in [6.07, 6.45) is 0. The van der Waals surface area contributed by atoms with Gasteiger partial charge in [0.25, 0.3) is 0 Å². The van der Waals surface area contributed by atoms with Gasteiger partial charge in [-0.05, 0) is 17.7 Å². The number of benzene rings is 1. The van der Waals surface area contributed by atoms with Crippen LogP contribution in [0.5, 0.6) is 0 Å². The van der Waals surface area contributed by atoms with Gasteiger partial charge in [0, 0.05) is 18.0 Å². The molecule has 0 aliphatic heterocycles. The normalized spacial score (nSPS) is 9.54. The van der Waals surface area contributed by atoms with Crippen LogP contribution < -0.4 is 5.73 Å². The fraction of sp³-hybridized carbons (Fsp3) is 0.333. The monoisotopic (exact) mass is 173 g/mol. The predicted octanol–water partition coefficient (Wildman–Crippen LogP) is 2.15. The Morgan fingerprint density at radius 2 is 2.15 bits per heavy atom. The molecule has 0 unspecified atom stereocenters. The highest BCUT2D eigenvalue weighted by Crippen LogP contribution is 2.03. The molecule has 0 saturated carbocycles. The van der Waals surface area contributed by atoms with E-state index in [0.29, 0.717) is 12.5 Å². The van der Waals surface area contributed by atoms with Crippen LogP contribution in [-0.4, -0.2) is 0 Å². The van der Waals surface area contributed by atoms with E-state index < -0.39 is 0 Å². The summed E-state index contributed by atoms with van der Waals surface area (Å²) in [6, 6.07) is 8.05. The van der Waals surface area contributed by atoms with Gasteiger partial charge in [-0.3, -0.25) is 0 Å². The molecule has 0 heterocycles. The van der Waals surface area contributed by atoms with E-state index in [1.165, 1.54) is 0 Å². The molecule has 0 radical (unpaired) electrons. The third-order valence-corrected chi connectivity index (χ3v) is 1.67. The van der Waals surface area contributed by atoms with Gasteiger partial charge in [-0.2, -0.15) is 0 Å². The Bertz CT molecular complexity index is 328. The van der Waals surface area contributed by atoms with Crippen molar-refractivity contribution < 1.29 is 0 Å². The largest absolute Gasteiger partial charge is 0.326 e. The van der Waals surface area contributed by atoms with Gasteiger partial charge < -0.3 is 5.73 Å². The molecular weight excluding hydrogens is 158 g/mol. The molecule has 1 aromatic carbocycles. The molecule has 1 nitrogen and oxygen atoms in total. The Morgan fingerprint density at radius 1 is 1.38 bits per heavy atom. The predicted molar refractivity (Wildman–Crippen MR) is 56.0 cm³/mol. The molecule has 0 saturated heterocycles. The van der Waals surface area contributed by atoms with Crippen LogP contribution in [-0.2, 0) is 6.54 Å². The van der Waals surface area contributed by atoms with Gasteiger partial charge in [-0.1, -0.05) is 37.8 Å². The van der Waals surface area contributed by atoms with E-state index in [0.717, 1.165) is 11.1 Å². The summed E-state index contributed by atoms with van der Waals surface area (Å²) in [5.41, 5.74) is 7.71. The van der Waals surface area contributed by atoms with Gasteiger partial charge in [0.2, 0.25) is 0 Å². The highest BCUT2D eigenvalue weighted by Gasteiger charge is 1.90. The highest BCUT2D eigenvalue weighted by molar-refractivity contribution is 5.37. The summed E-state index contributed by atoms with van der Waals surface area (Å²) in [7, 11) is 0. The highest BCUT2D eigenvalue weighted by atomic mass is 14.5. The van der Waals surface area contributed by atoms with Crippen LogP contribution in [0.15, 0.2) is 24.3 Å². The van der Waals surface area contributed by atoms with Gasteiger partial charge in [-0.15, -0.1) is 0 Å². The lowest BCUT2D eigenvalue weighted by atomic mass is 10.1. The molecule has 0 spiro atoms. The number of rotatable bonds is 1. The van der Waals surface area contributed by atoms with E-state index in [1.807, 2.05) is 24.3 Å². The van der Waals surface area contributed by atoms with Crippen LogP contribution in [0, 0.1) is 17.8 Å². The first-order chi connectivity index (χ1) is 6.22. The summed E-state index contributed by atoms with van der Waals surface area (Å²) >= 11 is 0. The quantitative estimate of drug-likeness (QED) is 0.647. The second-order valence-electron chi connectivity index (χ2n) is 3.33. The van der Waals surface area contributed by atoms with E-state index in [4.69, 9.17) is 5.73 Å². The molecular formula is C12H15N. The SMILES string of the molecule is CC(C)C#Cc1cccc(CN)c1. The summed E-state index contributed by atoms with van der Waals surface area (Å²) in [6.45, 7) is 4.75. The van der Waals surface area contributed by atoms with E-state index in [9.17, 15) is 0 Å². The van der Waals surface area contributed by atoms with Crippen molar-refractivity contribution in [3.8, 4) is 11.8 Å². The van der Waals surface area contributed by atoms with E-state index in [-0.39, 0.29) is 0 Å². The lowest BCUT2D eigenvalue weighted by molar-refractivity contribution is 0.866. The molecule has 0 aliphatic carbocycles. The zero-order valence-corrected chi connectivity index (χ0v) is 8.17. The zero-order valence-electron chi connectivity index (χ0n) is 8.17. The minimum absolute atomic E-state index is 0.418. The molecule has 0 bridgehead atoms. The number of nitrogens with two attached hydrogens (primary N) is 1. The molecule has 0 amide bonds. The fourth-order valence-electron chi connectivity index (χ4n) is 1.00. The van der Waals surface area contributed by atoms with Crippen LogP contribution in [0.25, 0.3) is 0 Å². The summed E-state index contributed by atoms with van der Waals surface area (Å²) in [4.78, 5) is 0. The van der Waals surface area contributed by atoms with E-state index in [2.05, 4.69) is 25.7 Å². The van der Waals surface area contributed by atoms with Crippen molar-refractivity contribution in [2.24, 2.45) is 11.7 Å². The summed E-state index contributed by atoms with van der Waals surface area (Å²) in [5, 5.41) is 0. The smallest absolute Gasteiger partial charge is 0.0248 e. The summed E-state index contributed by atoms with van der Waals surface area (Å²) in [5.74, 6) is 6.65. The van der Waals surface area contributed by atoms with E-state index >= 15 is 0 Å². The van der Waals surface area contributed by atoms with Gasteiger partial charge in [0.15, 0.2) is 0 Å². The maximum Gasteiger partial charge on any atom is 0.0248 e. The number of hydrogen-bond acceptors (Lipinski definition) is 1. The standard InChI is InChI=1S/C12H15N/c1-10(2)6-7-11-4-3-5-12(8-11)9-13/h3-5,8,10H,9,13H2,1-2H3. The maximum absolute atomic E-state index is 5.53. The molecule has 2 N–H and O–H groups in total. The first-order valence-electron chi connectivity index (χ1n) is 4.53. The molecule has 1 heteroatoms. The van der Waals surface area contributed by atoms with Crippen molar-refractivity contribution >= 4 is 0 Å². The molecule has 1 aromatic rings. The average Bonchev–Trinajstić information content (AvgIpc) is 2.15. The van der Waals surface area contributed by atoms with E-state index in [1.54, 1.807) is 0 Å². The van der Waals surface area contributed by atoms with Crippen molar-refractivity contribution in [2.45, 2.75) is 20.4 Å². The number of hydrogen-bond donors (Lipinski definition) is 1. The average molecular weight is 173 g/mol. The Hall–Kier alpha value is -1.26. The van der Waals surface area contributed by atoms with Crippen molar-refractivity contribution in [3.63, 3.8) is 0 Å². The van der Waals surface area contributed by atoms with Gasteiger partial charge in [-0.25, -0.2) is 0 Å². The Balaban J connectivity index is 2.85. The lowest BCUT2D eigenvalue weighted by Gasteiger charge is -1.96. The van der Waals surface area contributed by atoms with Crippen molar-refractivity contribution in [1.82, 2.24) is 0 Å². The third kappa shape index (κ3) is 3.31. The molecule has 0 aliphatic rings. The van der Waals surface area contributed by atoms with Gasteiger partial charge >= 0.3 is 0 Å². The second kappa shape index (κ2) is 4.69. The van der Waals surface area contributed by atoms with Crippen LogP contribution in [0.4, 0.5) is 0 Å². The maximum atomic E-state index is 5.53. The molecule has 0 atom stereocenters. The molecule has 0 aromatic heterocycles. The molecule has 1 rings (SSSR count). The molecule has 68 valence electrons. The fourth-order valence-corrected chi connectivity index (χ4v) is 1.00. The van der Waals surface area contributed by atoms with Crippen LogP contribution >= 0.6 is 0 Å². The van der Waals surface area contributed by atoms with Crippen LogP contribution in [0.2, 0.25) is 0 Å². The lowest BCUT2D eigenvalue weighted by Crippen LogP contribution is -1.95. The minimum Gasteiger partial charge on any atom is -0.326 e. The first-order valence-corrected chi connectivity index (χ1v) is 4.53. The van der Waals surface area contributed by atoms with Crippen molar-refractivity contribution in [2.75, 3.05) is 0 Å². The van der Waals surface area contributed by atoms with Gasteiger partial charge in [0.05, 0.1) is 0 Å². The topological polar surface area (TPSA) is 26.0 Å². The zero-order chi connectivity index (χ0) is 9.68. The summed E-state index contributed by atoms with van der Waals surface area (Å²) < 4.78 is 0. The minimum atomic E-state index is 0.418. The second-order valence-corrected chi connectivity index (χ2v) is 3.33. The van der Waals surface area contributed by atoms with Crippen molar-refractivity contribution in [1.29, 1.82) is 0 Å². The van der Waals surface area contributed by atoms with Gasteiger partial charge in [0.1, 0.15) is 0 Å². The van der Waals surface area contributed by atoms with Crippen molar-refractivity contribution in [3.05, 3.63) is 35.4 Å². The molecule has 0 fully saturated rings. The Labute approximate surface area is 80.0 Å². The van der Waals surface area contributed by atoms with Crippen LogP contribution in [0.3, 0.4) is 0 Å². The third-order valence-electron chi connectivity index (χ3n) is 1.67. The Kier molecular flexibility index (Phi) is 3.54.